The first-order valence-electron chi connectivity index (χ1n) is 9.49. The number of nitrogens with one attached hydrogen (secondary N) is 1. The number of carbonyl (C=O) groups excluding carboxylic acids is 1. The van der Waals surface area contributed by atoms with Crippen molar-refractivity contribution in [3.05, 3.63) is 36.2 Å². The van der Waals surface area contributed by atoms with Crippen molar-refractivity contribution in [2.45, 2.75) is 20.4 Å². The molecule has 1 aromatic carbocycles. The third-order valence-corrected chi connectivity index (χ3v) is 4.50. The molecule has 0 unspecified atom stereocenters. The zero-order valence-electron chi connectivity index (χ0n) is 16.3. The fourth-order valence-corrected chi connectivity index (χ4v) is 3.20. The highest BCUT2D eigenvalue weighted by molar-refractivity contribution is 5.94. The summed E-state index contributed by atoms with van der Waals surface area (Å²) in [6.07, 6.45) is 1.65. The number of carbonyl (C=O) groups is 1. The number of benzene rings is 1. The van der Waals surface area contributed by atoms with Crippen molar-refractivity contribution in [2.24, 2.45) is 0 Å². The Morgan fingerprint density at radius 3 is 2.62 bits per heavy atom. The second-order valence-electron chi connectivity index (χ2n) is 6.41. The summed E-state index contributed by atoms with van der Waals surface area (Å²) in [4.78, 5) is 21.0. The minimum Gasteiger partial charge on any atom is -0.490 e. The number of hydrogen-bond acceptors (Lipinski definition) is 7. The number of nitrogens with two attached hydrogens (primary N) is 1. The summed E-state index contributed by atoms with van der Waals surface area (Å²) in [6, 6.07) is 6.99. The van der Waals surface area contributed by atoms with E-state index in [1.54, 1.807) is 35.1 Å². The van der Waals surface area contributed by atoms with Crippen LogP contribution in [0, 0.1) is 0 Å². The Morgan fingerprint density at radius 2 is 1.90 bits per heavy atom. The molecule has 0 saturated heterocycles. The van der Waals surface area contributed by atoms with Crippen LogP contribution in [0.1, 0.15) is 24.3 Å². The van der Waals surface area contributed by atoms with Crippen molar-refractivity contribution >= 4 is 11.6 Å². The zero-order valence-corrected chi connectivity index (χ0v) is 16.3. The van der Waals surface area contributed by atoms with E-state index in [-0.39, 0.29) is 5.91 Å². The number of anilines is 1. The number of rotatable bonds is 6. The maximum atomic E-state index is 12.0. The van der Waals surface area contributed by atoms with Gasteiger partial charge in [0.1, 0.15) is 11.4 Å². The Labute approximate surface area is 167 Å². The number of amides is 1. The van der Waals surface area contributed by atoms with Crippen LogP contribution in [0.3, 0.4) is 0 Å². The van der Waals surface area contributed by atoms with Gasteiger partial charge in [0.05, 0.1) is 25.5 Å². The highest BCUT2D eigenvalue weighted by atomic mass is 16.5. The van der Waals surface area contributed by atoms with Gasteiger partial charge in [-0.2, -0.15) is 5.10 Å². The maximum absolute atomic E-state index is 12.0. The zero-order chi connectivity index (χ0) is 20.4. The van der Waals surface area contributed by atoms with Crippen molar-refractivity contribution in [3.8, 4) is 34.3 Å². The van der Waals surface area contributed by atoms with Crippen LogP contribution in [0.15, 0.2) is 30.5 Å². The smallest absolute Gasteiger partial charge is 0.269 e. The Kier molecular flexibility index (Phi) is 5.03. The van der Waals surface area contributed by atoms with E-state index >= 15 is 0 Å². The van der Waals surface area contributed by atoms with E-state index in [4.69, 9.17) is 15.2 Å². The van der Waals surface area contributed by atoms with Gasteiger partial charge in [-0.15, -0.1) is 0 Å². The molecule has 0 aliphatic carbocycles. The lowest BCUT2D eigenvalue weighted by Crippen LogP contribution is -2.35. The van der Waals surface area contributed by atoms with Crippen LogP contribution in [0.5, 0.6) is 11.5 Å². The van der Waals surface area contributed by atoms with Crippen LogP contribution in [-0.4, -0.2) is 45.4 Å². The molecule has 3 heterocycles. The fraction of sp³-hybridized carbons (Fsp3) is 0.300. The molecule has 0 saturated carbocycles. The quantitative estimate of drug-likeness (QED) is 0.615. The summed E-state index contributed by atoms with van der Waals surface area (Å²) in [5.41, 5.74) is 9.10. The van der Waals surface area contributed by atoms with E-state index in [0.29, 0.717) is 72.0 Å². The van der Waals surface area contributed by atoms with Gasteiger partial charge in [0.2, 0.25) is 0 Å². The minimum absolute atomic E-state index is 0.138. The molecule has 9 nitrogen and oxygen atoms in total. The van der Waals surface area contributed by atoms with E-state index in [1.807, 2.05) is 13.8 Å². The predicted molar refractivity (Wildman–Crippen MR) is 108 cm³/mol. The van der Waals surface area contributed by atoms with Gasteiger partial charge >= 0.3 is 0 Å². The lowest BCUT2D eigenvalue weighted by Gasteiger charge is -2.14. The van der Waals surface area contributed by atoms with Crippen LogP contribution in [-0.2, 0) is 6.54 Å². The predicted octanol–water partition coefficient (Wildman–Crippen LogP) is 2.13. The second-order valence-corrected chi connectivity index (χ2v) is 6.41. The van der Waals surface area contributed by atoms with Gasteiger partial charge in [0.25, 0.3) is 5.91 Å². The number of aromatic nitrogens is 4. The average molecular weight is 394 g/mol. The normalized spacial score (nSPS) is 13.0. The summed E-state index contributed by atoms with van der Waals surface area (Å²) < 4.78 is 13.0. The second kappa shape index (κ2) is 7.78. The Balaban J connectivity index is 1.74. The van der Waals surface area contributed by atoms with Gasteiger partial charge in [0, 0.05) is 30.1 Å². The summed E-state index contributed by atoms with van der Waals surface area (Å²) in [7, 11) is 0. The average Bonchev–Trinajstić information content (AvgIpc) is 3.16. The lowest BCUT2D eigenvalue weighted by atomic mass is 10.1. The molecule has 3 N–H and O–H groups in total. The van der Waals surface area contributed by atoms with Crippen molar-refractivity contribution in [1.82, 2.24) is 25.1 Å². The van der Waals surface area contributed by atoms with Gasteiger partial charge in [-0.05, 0) is 32.0 Å². The molecule has 3 aromatic rings. The van der Waals surface area contributed by atoms with Crippen LogP contribution in [0.25, 0.3) is 22.8 Å². The van der Waals surface area contributed by atoms with Crippen LogP contribution < -0.4 is 20.5 Å². The minimum atomic E-state index is -0.138. The molecular weight excluding hydrogens is 372 g/mol. The molecule has 0 bridgehead atoms. The molecule has 0 radical (unpaired) electrons. The molecule has 2 aromatic heterocycles. The molecule has 1 aliphatic heterocycles. The van der Waals surface area contributed by atoms with Gasteiger partial charge < -0.3 is 20.5 Å². The van der Waals surface area contributed by atoms with Crippen LogP contribution in [0.4, 0.5) is 5.69 Å². The molecule has 0 spiro atoms. The molecule has 0 atom stereocenters. The van der Waals surface area contributed by atoms with E-state index in [2.05, 4.69) is 20.4 Å². The third-order valence-electron chi connectivity index (χ3n) is 4.50. The number of nitrogen functional groups attached to an aromatic ring is 1. The number of hydrogen-bond donors (Lipinski definition) is 2. The van der Waals surface area contributed by atoms with Gasteiger partial charge in [0.15, 0.2) is 17.3 Å². The Hall–Kier alpha value is -3.62. The highest BCUT2D eigenvalue weighted by Gasteiger charge is 2.21. The summed E-state index contributed by atoms with van der Waals surface area (Å²) in [5.74, 6) is 1.47. The summed E-state index contributed by atoms with van der Waals surface area (Å²) in [5, 5.41) is 7.31. The van der Waals surface area contributed by atoms with Crippen molar-refractivity contribution in [1.29, 1.82) is 0 Å². The lowest BCUT2D eigenvalue weighted by molar-refractivity contribution is 0.0924. The molecule has 9 heteroatoms. The number of ether oxygens (including phenoxy) is 2. The molecule has 4 rings (SSSR count). The van der Waals surface area contributed by atoms with Gasteiger partial charge in [-0.3, -0.25) is 9.48 Å². The van der Waals surface area contributed by atoms with E-state index in [9.17, 15) is 4.79 Å². The first-order chi connectivity index (χ1) is 14.1. The van der Waals surface area contributed by atoms with Crippen LogP contribution in [0.2, 0.25) is 0 Å². The van der Waals surface area contributed by atoms with Crippen molar-refractivity contribution in [2.75, 3.05) is 25.5 Å². The molecular formula is C20H22N6O3. The SMILES string of the molecule is CCOc1cc(N)c(-c2nccc(-c3cc4n(n3)CCNC4=O)n2)cc1OCC. The van der Waals surface area contributed by atoms with E-state index < -0.39 is 0 Å². The van der Waals surface area contributed by atoms with Gasteiger partial charge in [-0.1, -0.05) is 0 Å². The maximum Gasteiger partial charge on any atom is 0.269 e. The number of fused-ring (bicyclic) bond motifs is 1. The van der Waals surface area contributed by atoms with Crippen molar-refractivity contribution < 1.29 is 14.3 Å². The number of nitrogens with zero attached hydrogens (tertiary/aromatic N) is 4. The third kappa shape index (κ3) is 3.58. The molecule has 29 heavy (non-hydrogen) atoms. The fourth-order valence-electron chi connectivity index (χ4n) is 3.20. The Morgan fingerprint density at radius 1 is 1.14 bits per heavy atom. The van der Waals surface area contributed by atoms with E-state index in [1.165, 1.54) is 0 Å². The van der Waals surface area contributed by atoms with Crippen molar-refractivity contribution in [3.63, 3.8) is 0 Å². The van der Waals surface area contributed by atoms with Crippen LogP contribution >= 0.6 is 0 Å². The first kappa shape index (κ1) is 18.7. The summed E-state index contributed by atoms with van der Waals surface area (Å²) in [6.45, 7) is 5.99. The molecule has 1 amide bonds. The standard InChI is InChI=1S/C20H22N6O3/c1-3-28-17-9-12(13(21)10-18(17)29-4-2)19-22-6-5-14(24-19)15-11-16-20(27)23-7-8-26(16)25-15/h5-6,9-11H,3-4,7-8,21H2,1-2H3,(H,23,27). The van der Waals surface area contributed by atoms with Gasteiger partial charge in [-0.25, -0.2) is 9.97 Å². The Bertz CT molecular complexity index is 1060. The topological polar surface area (TPSA) is 117 Å². The highest BCUT2D eigenvalue weighted by Crippen LogP contribution is 2.37. The molecule has 0 fully saturated rings. The van der Waals surface area contributed by atoms with E-state index in [0.717, 1.165) is 0 Å². The first-order valence-corrected chi connectivity index (χ1v) is 9.49. The summed E-state index contributed by atoms with van der Waals surface area (Å²) >= 11 is 0. The largest absolute Gasteiger partial charge is 0.490 e. The molecule has 150 valence electrons. The monoisotopic (exact) mass is 394 g/mol. The molecule has 1 aliphatic rings.